The molecular formula is C12H10BrClN2O3. The normalized spacial score (nSPS) is 11.2. The summed E-state index contributed by atoms with van der Waals surface area (Å²) in [5, 5.41) is 14.0. The zero-order valence-corrected chi connectivity index (χ0v) is 12.0. The highest BCUT2D eigenvalue weighted by Gasteiger charge is 2.19. The molecule has 7 heteroatoms. The molecule has 0 aliphatic heterocycles. The molecule has 0 saturated carbocycles. The maximum atomic E-state index is 11.6. The van der Waals surface area contributed by atoms with E-state index in [-0.39, 0.29) is 6.42 Å². The number of urea groups is 1. The molecule has 0 radical (unpaired) electrons. The fraction of sp³-hybridized carbons (Fsp3) is 0.167. The van der Waals surface area contributed by atoms with Gasteiger partial charge in [0.05, 0.1) is 5.69 Å². The molecule has 0 heterocycles. The van der Waals surface area contributed by atoms with Crippen molar-refractivity contribution in [3.8, 4) is 12.3 Å². The fourth-order valence-electron chi connectivity index (χ4n) is 1.23. The minimum absolute atomic E-state index is 0.0977. The van der Waals surface area contributed by atoms with Crippen molar-refractivity contribution in [2.75, 3.05) is 5.32 Å². The second-order valence-corrected chi connectivity index (χ2v) is 4.81. The molecule has 2 amide bonds. The second kappa shape index (κ2) is 7.02. The molecular weight excluding hydrogens is 336 g/mol. The van der Waals surface area contributed by atoms with Crippen LogP contribution in [-0.4, -0.2) is 23.1 Å². The second-order valence-electron chi connectivity index (χ2n) is 3.52. The summed E-state index contributed by atoms with van der Waals surface area (Å²) >= 11 is 9.03. The van der Waals surface area contributed by atoms with E-state index in [1.54, 1.807) is 12.1 Å². The van der Waals surface area contributed by atoms with Crippen LogP contribution in [-0.2, 0) is 4.79 Å². The number of carboxylic acid groups (broad SMARTS) is 1. The van der Waals surface area contributed by atoms with Gasteiger partial charge >= 0.3 is 12.0 Å². The van der Waals surface area contributed by atoms with Gasteiger partial charge in [-0.1, -0.05) is 11.6 Å². The number of rotatable bonds is 4. The van der Waals surface area contributed by atoms with Crippen molar-refractivity contribution >= 4 is 45.2 Å². The van der Waals surface area contributed by atoms with E-state index in [9.17, 15) is 9.59 Å². The van der Waals surface area contributed by atoms with E-state index < -0.39 is 18.0 Å². The van der Waals surface area contributed by atoms with Crippen molar-refractivity contribution in [3.05, 3.63) is 27.7 Å². The number of aliphatic carboxylic acids is 1. The highest BCUT2D eigenvalue weighted by molar-refractivity contribution is 9.10. The molecule has 0 fully saturated rings. The first-order valence-electron chi connectivity index (χ1n) is 5.13. The van der Waals surface area contributed by atoms with Gasteiger partial charge in [0.1, 0.15) is 6.04 Å². The Labute approximate surface area is 123 Å². The molecule has 0 aromatic heterocycles. The summed E-state index contributed by atoms with van der Waals surface area (Å²) < 4.78 is 0.621. The number of hydrogen-bond donors (Lipinski definition) is 3. The molecule has 1 aromatic rings. The highest BCUT2D eigenvalue weighted by atomic mass is 79.9. The van der Waals surface area contributed by atoms with E-state index in [2.05, 4.69) is 32.5 Å². The number of amides is 2. The van der Waals surface area contributed by atoms with E-state index in [1.807, 2.05) is 0 Å². The average Bonchev–Trinajstić information content (AvgIpc) is 2.33. The summed E-state index contributed by atoms with van der Waals surface area (Å²) in [6.07, 6.45) is 4.93. The minimum atomic E-state index is -1.20. The van der Waals surface area contributed by atoms with Gasteiger partial charge < -0.3 is 15.7 Å². The molecule has 0 aliphatic rings. The predicted molar refractivity (Wildman–Crippen MR) is 76.2 cm³/mol. The quantitative estimate of drug-likeness (QED) is 0.734. The number of anilines is 1. The Morgan fingerprint density at radius 1 is 1.53 bits per heavy atom. The molecule has 19 heavy (non-hydrogen) atoms. The van der Waals surface area contributed by atoms with Crippen LogP contribution in [0.25, 0.3) is 0 Å². The third-order valence-electron chi connectivity index (χ3n) is 2.10. The molecule has 1 rings (SSSR count). The van der Waals surface area contributed by atoms with Gasteiger partial charge in [0.2, 0.25) is 0 Å². The third-order valence-corrected chi connectivity index (χ3v) is 3.03. The number of halogens is 2. The van der Waals surface area contributed by atoms with Gasteiger partial charge in [-0.25, -0.2) is 9.59 Å². The van der Waals surface area contributed by atoms with Crippen LogP contribution in [0.4, 0.5) is 10.5 Å². The van der Waals surface area contributed by atoms with Crippen LogP contribution in [0.1, 0.15) is 6.42 Å². The van der Waals surface area contributed by atoms with Crippen LogP contribution in [0, 0.1) is 12.3 Å². The lowest BCUT2D eigenvalue weighted by Gasteiger charge is -2.13. The number of carbonyl (C=O) groups is 2. The van der Waals surface area contributed by atoms with Crippen LogP contribution < -0.4 is 10.6 Å². The van der Waals surface area contributed by atoms with Gasteiger partial charge in [0, 0.05) is 15.9 Å². The number of carboxylic acids is 1. The Hall–Kier alpha value is -1.71. The average molecular weight is 346 g/mol. The number of terminal acetylenes is 1. The van der Waals surface area contributed by atoms with Gasteiger partial charge in [-0.3, -0.25) is 0 Å². The summed E-state index contributed by atoms with van der Waals surface area (Å²) in [5.74, 6) is 0.989. The largest absolute Gasteiger partial charge is 0.480 e. The summed E-state index contributed by atoms with van der Waals surface area (Å²) in [4.78, 5) is 22.5. The van der Waals surface area contributed by atoms with Crippen molar-refractivity contribution in [1.82, 2.24) is 5.32 Å². The maximum absolute atomic E-state index is 11.6. The smallest absolute Gasteiger partial charge is 0.327 e. The molecule has 0 saturated heterocycles. The number of nitrogens with one attached hydrogen (secondary N) is 2. The van der Waals surface area contributed by atoms with E-state index >= 15 is 0 Å². The van der Waals surface area contributed by atoms with Gasteiger partial charge in [0.25, 0.3) is 0 Å². The molecule has 0 spiro atoms. The van der Waals surface area contributed by atoms with Crippen LogP contribution in [0.15, 0.2) is 22.7 Å². The van der Waals surface area contributed by atoms with Crippen LogP contribution in [0.5, 0.6) is 0 Å². The fourth-order valence-corrected chi connectivity index (χ4v) is 1.75. The third kappa shape index (κ3) is 4.81. The molecule has 1 unspecified atom stereocenters. The summed E-state index contributed by atoms with van der Waals surface area (Å²) in [5.41, 5.74) is 0.426. The molecule has 0 bridgehead atoms. The zero-order valence-electron chi connectivity index (χ0n) is 9.61. The monoisotopic (exact) mass is 344 g/mol. The van der Waals surface area contributed by atoms with E-state index in [4.69, 9.17) is 23.1 Å². The number of carbonyl (C=O) groups excluding carboxylic acids is 1. The Kier molecular flexibility index (Phi) is 5.67. The van der Waals surface area contributed by atoms with E-state index in [0.29, 0.717) is 15.2 Å². The van der Waals surface area contributed by atoms with Crippen molar-refractivity contribution in [2.24, 2.45) is 0 Å². The number of hydrogen-bond acceptors (Lipinski definition) is 2. The van der Waals surface area contributed by atoms with Crippen LogP contribution >= 0.6 is 27.5 Å². The van der Waals surface area contributed by atoms with Crippen LogP contribution in [0.2, 0.25) is 5.02 Å². The first-order chi connectivity index (χ1) is 8.93. The standard InChI is InChI=1S/C12H10BrClN2O3/c1-2-3-9(11(17)18)15-12(19)16-10-6-7(14)4-5-8(10)13/h1,4-6,9H,3H2,(H,17,18)(H2,15,16,19). The van der Waals surface area contributed by atoms with Crippen LogP contribution in [0.3, 0.4) is 0 Å². The Morgan fingerprint density at radius 2 is 2.21 bits per heavy atom. The van der Waals surface area contributed by atoms with Gasteiger partial charge in [-0.2, -0.15) is 0 Å². The minimum Gasteiger partial charge on any atom is -0.480 e. The zero-order chi connectivity index (χ0) is 14.4. The first-order valence-corrected chi connectivity index (χ1v) is 6.30. The topological polar surface area (TPSA) is 78.4 Å². The SMILES string of the molecule is C#CCC(NC(=O)Nc1cc(Cl)ccc1Br)C(=O)O. The number of benzene rings is 1. The highest BCUT2D eigenvalue weighted by Crippen LogP contribution is 2.25. The first kappa shape index (κ1) is 15.3. The Bertz CT molecular complexity index is 542. The van der Waals surface area contributed by atoms with Gasteiger partial charge in [-0.15, -0.1) is 12.3 Å². The maximum Gasteiger partial charge on any atom is 0.327 e. The summed E-state index contributed by atoms with van der Waals surface area (Å²) in [6, 6.07) is 3.03. The van der Waals surface area contributed by atoms with E-state index in [0.717, 1.165) is 0 Å². The molecule has 1 atom stereocenters. The molecule has 1 aromatic carbocycles. The summed E-state index contributed by atoms with van der Waals surface area (Å²) in [6.45, 7) is 0. The molecule has 3 N–H and O–H groups in total. The predicted octanol–water partition coefficient (Wildman–Crippen LogP) is 2.70. The molecule has 5 nitrogen and oxygen atoms in total. The van der Waals surface area contributed by atoms with E-state index in [1.165, 1.54) is 6.07 Å². The summed E-state index contributed by atoms with van der Waals surface area (Å²) in [7, 11) is 0. The Morgan fingerprint density at radius 3 is 2.79 bits per heavy atom. The van der Waals surface area contributed by atoms with Crippen molar-refractivity contribution < 1.29 is 14.7 Å². The lowest BCUT2D eigenvalue weighted by molar-refractivity contribution is -0.139. The molecule has 0 aliphatic carbocycles. The van der Waals surface area contributed by atoms with Crippen molar-refractivity contribution in [2.45, 2.75) is 12.5 Å². The van der Waals surface area contributed by atoms with Crippen molar-refractivity contribution in [1.29, 1.82) is 0 Å². The lowest BCUT2D eigenvalue weighted by atomic mass is 10.2. The Balaban J connectivity index is 2.72. The lowest BCUT2D eigenvalue weighted by Crippen LogP contribution is -2.42. The van der Waals surface area contributed by atoms with Gasteiger partial charge in [0.15, 0.2) is 0 Å². The van der Waals surface area contributed by atoms with Crippen molar-refractivity contribution in [3.63, 3.8) is 0 Å². The van der Waals surface area contributed by atoms with Gasteiger partial charge in [-0.05, 0) is 34.1 Å². The molecule has 100 valence electrons.